The summed E-state index contributed by atoms with van der Waals surface area (Å²) in [5.41, 5.74) is -0.460. The van der Waals surface area contributed by atoms with Crippen LogP contribution in [-0.4, -0.2) is 53.3 Å². The monoisotopic (exact) mass is 268 g/mol. The van der Waals surface area contributed by atoms with Gasteiger partial charge in [-0.3, -0.25) is 4.79 Å². The van der Waals surface area contributed by atoms with Crippen LogP contribution in [-0.2, 0) is 9.53 Å². The number of aromatic nitrogens is 4. The van der Waals surface area contributed by atoms with Gasteiger partial charge in [-0.2, -0.15) is 5.21 Å². The molecule has 0 radical (unpaired) electrons. The maximum Gasteiger partial charge on any atom is 0.229 e. The molecule has 1 amide bonds. The number of hydrogen-bond donors (Lipinski definition) is 3. The molecule has 1 saturated heterocycles. The predicted molar refractivity (Wildman–Crippen MR) is 67.1 cm³/mol. The molecule has 0 bridgehead atoms. The second-order valence-electron chi connectivity index (χ2n) is 4.93. The maximum atomic E-state index is 12.5. The van der Waals surface area contributed by atoms with Crippen molar-refractivity contribution in [1.82, 2.24) is 31.3 Å². The fraction of sp³-hybridized carbons (Fsp3) is 0.818. The van der Waals surface area contributed by atoms with E-state index in [0.717, 1.165) is 25.9 Å². The van der Waals surface area contributed by atoms with Crippen molar-refractivity contribution in [3.05, 3.63) is 5.82 Å². The van der Waals surface area contributed by atoms with Crippen molar-refractivity contribution >= 4 is 5.91 Å². The zero-order valence-corrected chi connectivity index (χ0v) is 11.3. The van der Waals surface area contributed by atoms with Gasteiger partial charge in [-0.05, 0) is 32.9 Å². The van der Waals surface area contributed by atoms with E-state index in [9.17, 15) is 4.79 Å². The van der Waals surface area contributed by atoms with E-state index in [2.05, 4.69) is 31.3 Å². The van der Waals surface area contributed by atoms with Gasteiger partial charge in [-0.15, -0.1) is 10.2 Å². The zero-order valence-electron chi connectivity index (χ0n) is 11.3. The van der Waals surface area contributed by atoms with Crippen LogP contribution in [0.1, 0.15) is 31.6 Å². The SMILES string of the molecule is COCC1(C(=O)NC(C)c2nn[nH]n2)CCNCC1. The number of rotatable bonds is 5. The summed E-state index contributed by atoms with van der Waals surface area (Å²) in [6, 6.07) is -0.269. The number of H-pyrrole nitrogens is 1. The number of carbonyl (C=O) groups is 1. The molecule has 1 aromatic rings. The minimum atomic E-state index is -0.460. The third-order valence-electron chi connectivity index (χ3n) is 3.56. The number of nitrogens with one attached hydrogen (secondary N) is 3. The van der Waals surface area contributed by atoms with Crippen LogP contribution in [0.3, 0.4) is 0 Å². The van der Waals surface area contributed by atoms with Gasteiger partial charge in [0.25, 0.3) is 0 Å². The number of aromatic amines is 1. The van der Waals surface area contributed by atoms with E-state index in [0.29, 0.717) is 12.4 Å². The third kappa shape index (κ3) is 3.07. The Morgan fingerprint density at radius 1 is 1.53 bits per heavy atom. The van der Waals surface area contributed by atoms with Gasteiger partial charge in [0.05, 0.1) is 18.1 Å². The lowest BCUT2D eigenvalue weighted by molar-refractivity contribution is -0.137. The molecule has 1 aromatic heterocycles. The number of nitrogens with zero attached hydrogens (tertiary/aromatic N) is 3. The summed E-state index contributed by atoms with van der Waals surface area (Å²) in [6.45, 7) is 3.92. The number of piperidine rings is 1. The summed E-state index contributed by atoms with van der Waals surface area (Å²) in [5.74, 6) is 0.475. The molecule has 19 heavy (non-hydrogen) atoms. The van der Waals surface area contributed by atoms with Crippen LogP contribution in [0.25, 0.3) is 0 Å². The molecule has 0 aliphatic carbocycles. The van der Waals surface area contributed by atoms with Gasteiger partial charge in [0.2, 0.25) is 5.91 Å². The van der Waals surface area contributed by atoms with Gasteiger partial charge in [-0.1, -0.05) is 5.21 Å². The highest BCUT2D eigenvalue weighted by atomic mass is 16.5. The first-order chi connectivity index (χ1) is 9.18. The number of carbonyl (C=O) groups excluding carboxylic acids is 1. The van der Waals surface area contributed by atoms with E-state index in [4.69, 9.17) is 4.74 Å². The number of methoxy groups -OCH3 is 1. The minimum Gasteiger partial charge on any atom is -0.384 e. The number of amides is 1. The van der Waals surface area contributed by atoms with Gasteiger partial charge in [0.15, 0.2) is 5.82 Å². The Labute approximate surface area is 111 Å². The Kier molecular flexibility index (Phi) is 4.43. The largest absolute Gasteiger partial charge is 0.384 e. The van der Waals surface area contributed by atoms with E-state index in [-0.39, 0.29) is 11.9 Å². The van der Waals surface area contributed by atoms with E-state index in [1.165, 1.54) is 0 Å². The summed E-state index contributed by atoms with van der Waals surface area (Å²) >= 11 is 0. The van der Waals surface area contributed by atoms with Crippen LogP contribution in [0.4, 0.5) is 0 Å². The van der Waals surface area contributed by atoms with E-state index < -0.39 is 5.41 Å². The molecule has 2 rings (SSSR count). The van der Waals surface area contributed by atoms with Crippen LogP contribution < -0.4 is 10.6 Å². The molecular formula is C11H20N6O2. The van der Waals surface area contributed by atoms with Crippen LogP contribution in [0.5, 0.6) is 0 Å². The average Bonchev–Trinajstić information content (AvgIpc) is 2.94. The van der Waals surface area contributed by atoms with E-state index in [1.807, 2.05) is 6.92 Å². The van der Waals surface area contributed by atoms with Gasteiger partial charge in [-0.25, -0.2) is 0 Å². The smallest absolute Gasteiger partial charge is 0.229 e. The fourth-order valence-electron chi connectivity index (χ4n) is 2.39. The molecule has 8 heteroatoms. The van der Waals surface area contributed by atoms with Gasteiger partial charge in [0, 0.05) is 7.11 Å². The fourth-order valence-corrected chi connectivity index (χ4v) is 2.39. The van der Waals surface area contributed by atoms with Crippen LogP contribution in [0.2, 0.25) is 0 Å². The first-order valence-corrected chi connectivity index (χ1v) is 6.42. The van der Waals surface area contributed by atoms with Gasteiger partial charge < -0.3 is 15.4 Å². The van der Waals surface area contributed by atoms with Crippen LogP contribution in [0, 0.1) is 5.41 Å². The first-order valence-electron chi connectivity index (χ1n) is 6.42. The molecule has 1 fully saturated rings. The van der Waals surface area contributed by atoms with E-state index >= 15 is 0 Å². The van der Waals surface area contributed by atoms with Gasteiger partial charge in [0.1, 0.15) is 0 Å². The van der Waals surface area contributed by atoms with Crippen LogP contribution in [0.15, 0.2) is 0 Å². The normalized spacial score (nSPS) is 19.9. The summed E-state index contributed by atoms with van der Waals surface area (Å²) in [4.78, 5) is 12.5. The lowest BCUT2D eigenvalue weighted by Crippen LogP contribution is -2.50. The van der Waals surface area contributed by atoms with Gasteiger partial charge >= 0.3 is 0 Å². The van der Waals surface area contributed by atoms with Crippen molar-refractivity contribution < 1.29 is 9.53 Å². The van der Waals surface area contributed by atoms with Crippen LogP contribution >= 0.6 is 0 Å². The molecule has 0 spiro atoms. The Bertz CT molecular complexity index is 396. The summed E-state index contributed by atoms with van der Waals surface area (Å²) < 4.78 is 5.24. The molecule has 1 atom stereocenters. The van der Waals surface area contributed by atoms with Crippen molar-refractivity contribution in [2.75, 3.05) is 26.8 Å². The standard InChI is InChI=1S/C11H20N6O2/c1-8(9-14-16-17-15-9)13-10(18)11(7-19-2)3-5-12-6-4-11/h8,12H,3-7H2,1-2H3,(H,13,18)(H,14,15,16,17). The first kappa shape index (κ1) is 13.9. The minimum absolute atomic E-state index is 0.00634. The van der Waals surface area contributed by atoms with Crippen molar-refractivity contribution in [2.24, 2.45) is 5.41 Å². The summed E-state index contributed by atoms with van der Waals surface area (Å²) in [6.07, 6.45) is 1.54. The summed E-state index contributed by atoms with van der Waals surface area (Å²) in [7, 11) is 1.62. The van der Waals surface area contributed by atoms with E-state index in [1.54, 1.807) is 7.11 Å². The predicted octanol–water partition coefficient (Wildman–Crippen LogP) is -0.607. The van der Waals surface area contributed by atoms with Crippen molar-refractivity contribution in [3.63, 3.8) is 0 Å². The highest BCUT2D eigenvalue weighted by Crippen LogP contribution is 2.30. The molecule has 1 aliphatic heterocycles. The molecule has 1 aliphatic rings. The Morgan fingerprint density at radius 2 is 2.26 bits per heavy atom. The van der Waals surface area contributed by atoms with Crippen molar-refractivity contribution in [3.8, 4) is 0 Å². The molecule has 3 N–H and O–H groups in total. The molecule has 106 valence electrons. The Balaban J connectivity index is 2.03. The zero-order chi connectivity index (χ0) is 13.7. The highest BCUT2D eigenvalue weighted by Gasteiger charge is 2.40. The maximum absolute atomic E-state index is 12.5. The molecule has 8 nitrogen and oxygen atoms in total. The Hall–Kier alpha value is -1.54. The number of tetrazole rings is 1. The number of ether oxygens (including phenoxy) is 1. The average molecular weight is 268 g/mol. The molecular weight excluding hydrogens is 248 g/mol. The second-order valence-corrected chi connectivity index (χ2v) is 4.93. The number of hydrogen-bond acceptors (Lipinski definition) is 6. The molecule has 0 aromatic carbocycles. The van der Waals surface area contributed by atoms with Crippen molar-refractivity contribution in [1.29, 1.82) is 0 Å². The van der Waals surface area contributed by atoms with Crippen molar-refractivity contribution in [2.45, 2.75) is 25.8 Å². The Morgan fingerprint density at radius 3 is 2.84 bits per heavy atom. The highest BCUT2D eigenvalue weighted by molar-refractivity contribution is 5.83. The lowest BCUT2D eigenvalue weighted by atomic mass is 9.78. The molecule has 0 saturated carbocycles. The summed E-state index contributed by atoms with van der Waals surface area (Å²) in [5, 5.41) is 19.8. The molecule has 1 unspecified atom stereocenters. The third-order valence-corrected chi connectivity index (χ3v) is 3.56. The lowest BCUT2D eigenvalue weighted by Gasteiger charge is -2.36. The molecule has 2 heterocycles. The topological polar surface area (TPSA) is 105 Å². The quantitative estimate of drug-likeness (QED) is 0.658. The second kappa shape index (κ2) is 6.07.